The van der Waals surface area contributed by atoms with Gasteiger partial charge in [0.2, 0.25) is 0 Å². The third-order valence-electron chi connectivity index (χ3n) is 5.49. The van der Waals surface area contributed by atoms with Crippen LogP contribution in [0, 0.1) is 0 Å². The number of hydrogen-bond donors (Lipinski definition) is 3. The van der Waals surface area contributed by atoms with Gasteiger partial charge in [-0.05, 0) is 17.7 Å². The number of aliphatic imine (C=N–C) groups is 1. The largest absolute Gasteiger partial charge is 0.496 e. The molecule has 9 nitrogen and oxygen atoms in total. The Labute approximate surface area is 199 Å². The summed E-state index contributed by atoms with van der Waals surface area (Å²) < 4.78 is 34.9. The highest BCUT2D eigenvalue weighted by molar-refractivity contribution is 6.03. The molecule has 0 aliphatic carbocycles. The molecule has 2 aromatic carbocycles. The number of methoxy groups -OCH3 is 1. The van der Waals surface area contributed by atoms with Gasteiger partial charge in [0, 0.05) is 30.6 Å². The summed E-state index contributed by atoms with van der Waals surface area (Å²) in [7, 11) is 1.48. The van der Waals surface area contributed by atoms with Gasteiger partial charge < -0.3 is 21.5 Å². The predicted octanol–water partition coefficient (Wildman–Crippen LogP) is 2.94. The minimum absolute atomic E-state index is 0.0679. The summed E-state index contributed by atoms with van der Waals surface area (Å²) >= 11 is 0. The second-order valence-corrected chi connectivity index (χ2v) is 7.73. The molecule has 35 heavy (non-hydrogen) atoms. The number of nitrogens with two attached hydrogens (primary N) is 2. The Morgan fingerprint density at radius 1 is 1.17 bits per heavy atom. The number of aromatic nitrogens is 2. The van der Waals surface area contributed by atoms with E-state index in [0.717, 1.165) is 22.7 Å². The summed E-state index contributed by atoms with van der Waals surface area (Å²) in [5.74, 6) is -4.34. The molecule has 0 bridgehead atoms. The molecule has 11 heteroatoms. The number of hydrogen-bond acceptors (Lipinski definition) is 6. The van der Waals surface area contributed by atoms with Crippen LogP contribution in [0.25, 0.3) is 11.3 Å². The van der Waals surface area contributed by atoms with Crippen LogP contribution < -0.4 is 21.5 Å². The summed E-state index contributed by atoms with van der Waals surface area (Å²) in [5, 5.41) is 6.99. The fraction of sp³-hybridized carbons (Fsp3) is 0.167. The van der Waals surface area contributed by atoms with Crippen molar-refractivity contribution in [3.8, 4) is 17.0 Å². The van der Waals surface area contributed by atoms with Gasteiger partial charge in [0.25, 0.3) is 17.7 Å². The van der Waals surface area contributed by atoms with Crippen LogP contribution >= 0.6 is 0 Å². The number of rotatable bonds is 7. The van der Waals surface area contributed by atoms with Crippen molar-refractivity contribution in [1.82, 2.24) is 15.1 Å². The van der Waals surface area contributed by atoms with Gasteiger partial charge in [-0.1, -0.05) is 36.4 Å². The predicted molar refractivity (Wildman–Crippen MR) is 126 cm³/mol. The van der Waals surface area contributed by atoms with Crippen LogP contribution in [0.2, 0.25) is 0 Å². The molecule has 1 aliphatic rings. The number of nitrogen functional groups attached to an aromatic ring is 1. The van der Waals surface area contributed by atoms with E-state index in [1.165, 1.54) is 7.11 Å². The van der Waals surface area contributed by atoms with E-state index in [1.54, 1.807) is 48.5 Å². The monoisotopic (exact) mass is 480 g/mol. The number of anilines is 1. The number of ether oxygens (including phenoxy) is 1. The Balaban J connectivity index is 1.57. The Morgan fingerprint density at radius 3 is 2.54 bits per heavy atom. The molecular formula is C24H22F2N6O3. The minimum atomic E-state index is -3.31. The maximum Gasteiger partial charge on any atom is 0.295 e. The number of nitrogens with one attached hydrogen (secondary N) is 1. The minimum Gasteiger partial charge on any atom is -0.496 e. The number of halogens is 2. The fourth-order valence-corrected chi connectivity index (χ4v) is 3.69. The van der Waals surface area contributed by atoms with E-state index in [2.05, 4.69) is 15.4 Å². The van der Waals surface area contributed by atoms with Gasteiger partial charge in [0.15, 0.2) is 6.04 Å². The summed E-state index contributed by atoms with van der Waals surface area (Å²) in [6.07, 6.45) is 2.62. The first kappa shape index (κ1) is 23.6. The molecule has 5 N–H and O–H groups in total. The van der Waals surface area contributed by atoms with Gasteiger partial charge in [-0.25, -0.2) is 4.68 Å². The van der Waals surface area contributed by atoms with Crippen molar-refractivity contribution in [2.45, 2.75) is 18.5 Å². The molecule has 1 atom stereocenters. The summed E-state index contributed by atoms with van der Waals surface area (Å²) in [5.41, 5.74) is 13.0. The molecule has 180 valence electrons. The Kier molecular flexibility index (Phi) is 6.32. The second kappa shape index (κ2) is 9.37. The van der Waals surface area contributed by atoms with Crippen molar-refractivity contribution >= 4 is 23.8 Å². The van der Waals surface area contributed by atoms with Crippen molar-refractivity contribution in [2.75, 3.05) is 12.8 Å². The van der Waals surface area contributed by atoms with Crippen LogP contribution in [0.5, 0.6) is 5.75 Å². The molecule has 4 rings (SSSR count). The molecule has 3 aromatic rings. The lowest BCUT2D eigenvalue weighted by Crippen LogP contribution is -2.33. The standard InChI is InChI=1S/C24H22F2N6O3/c1-35-17-5-3-2-4-16(17)23(34)30-12-14-6-8-15(9-7-14)20-19(22(28)33)21(27)32(31-20)18-13-29-11-10-24(18,25)26/h2-11,13,18H,12,27H2,1H3,(H2,28,33)(H,30,34). The zero-order chi connectivity index (χ0) is 25.2. The average Bonchev–Trinajstić information content (AvgIpc) is 3.19. The van der Waals surface area contributed by atoms with E-state index in [1.807, 2.05) is 0 Å². The molecule has 1 aliphatic heterocycles. The van der Waals surface area contributed by atoms with E-state index in [-0.39, 0.29) is 29.5 Å². The van der Waals surface area contributed by atoms with Crippen LogP contribution in [-0.2, 0) is 6.54 Å². The van der Waals surface area contributed by atoms with E-state index in [4.69, 9.17) is 16.2 Å². The van der Waals surface area contributed by atoms with Gasteiger partial charge in [-0.3, -0.25) is 14.6 Å². The van der Waals surface area contributed by atoms with Crippen molar-refractivity contribution < 1.29 is 23.1 Å². The van der Waals surface area contributed by atoms with E-state index >= 15 is 0 Å². The number of carbonyl (C=O) groups excluding carboxylic acids is 2. The number of alkyl halides is 2. The van der Waals surface area contributed by atoms with Crippen LogP contribution in [0.1, 0.15) is 32.3 Å². The molecule has 0 fully saturated rings. The first-order chi connectivity index (χ1) is 16.7. The van der Waals surface area contributed by atoms with Crippen LogP contribution in [0.4, 0.5) is 14.6 Å². The zero-order valence-electron chi connectivity index (χ0n) is 18.6. The van der Waals surface area contributed by atoms with Gasteiger partial charge >= 0.3 is 0 Å². The molecule has 0 saturated heterocycles. The Bertz CT molecular complexity index is 1330. The van der Waals surface area contributed by atoms with Gasteiger partial charge in [-0.15, -0.1) is 0 Å². The second-order valence-electron chi connectivity index (χ2n) is 7.73. The Morgan fingerprint density at radius 2 is 1.89 bits per heavy atom. The van der Waals surface area contributed by atoms with Crippen LogP contribution in [-0.4, -0.2) is 40.8 Å². The highest BCUT2D eigenvalue weighted by atomic mass is 19.3. The van der Waals surface area contributed by atoms with E-state index < -0.39 is 17.9 Å². The quantitative estimate of drug-likeness (QED) is 0.477. The maximum atomic E-state index is 14.4. The lowest BCUT2D eigenvalue weighted by molar-refractivity contribution is 0.0203. The summed E-state index contributed by atoms with van der Waals surface area (Å²) in [4.78, 5) is 28.4. The summed E-state index contributed by atoms with van der Waals surface area (Å²) in [6, 6.07) is 11.9. The summed E-state index contributed by atoms with van der Waals surface area (Å²) in [6.45, 7) is 0.216. The lowest BCUT2D eigenvalue weighted by atomic mass is 10.0. The first-order valence-electron chi connectivity index (χ1n) is 10.5. The normalized spacial score (nSPS) is 16.1. The first-order valence-corrected chi connectivity index (χ1v) is 10.5. The van der Waals surface area contributed by atoms with Crippen molar-refractivity contribution in [3.05, 3.63) is 77.5 Å². The Hall–Kier alpha value is -4.54. The molecule has 2 heterocycles. The number of benzene rings is 2. The highest BCUT2D eigenvalue weighted by Crippen LogP contribution is 2.36. The highest BCUT2D eigenvalue weighted by Gasteiger charge is 2.41. The van der Waals surface area contributed by atoms with Crippen LogP contribution in [0.15, 0.2) is 65.8 Å². The van der Waals surface area contributed by atoms with Crippen molar-refractivity contribution in [1.29, 1.82) is 0 Å². The molecule has 0 spiro atoms. The lowest BCUT2D eigenvalue weighted by Gasteiger charge is -2.23. The number of amides is 2. The molecule has 1 unspecified atom stereocenters. The van der Waals surface area contributed by atoms with Gasteiger partial charge in [-0.2, -0.15) is 13.9 Å². The fourth-order valence-electron chi connectivity index (χ4n) is 3.69. The molecule has 0 radical (unpaired) electrons. The molecular weight excluding hydrogens is 458 g/mol. The number of primary amides is 1. The van der Waals surface area contributed by atoms with E-state index in [9.17, 15) is 18.4 Å². The third kappa shape index (κ3) is 4.60. The topological polar surface area (TPSA) is 138 Å². The average molecular weight is 480 g/mol. The van der Waals surface area contributed by atoms with Crippen LogP contribution in [0.3, 0.4) is 0 Å². The maximum absolute atomic E-state index is 14.4. The van der Waals surface area contributed by atoms with Gasteiger partial charge in [0.1, 0.15) is 22.8 Å². The molecule has 0 saturated carbocycles. The zero-order valence-corrected chi connectivity index (χ0v) is 18.6. The number of allylic oxidation sites excluding steroid dienone is 1. The van der Waals surface area contributed by atoms with E-state index in [0.29, 0.717) is 23.0 Å². The third-order valence-corrected chi connectivity index (χ3v) is 5.49. The van der Waals surface area contributed by atoms with Crippen molar-refractivity contribution in [2.24, 2.45) is 10.7 Å². The van der Waals surface area contributed by atoms with Gasteiger partial charge in [0.05, 0.1) is 12.7 Å². The number of para-hydroxylation sites is 1. The SMILES string of the molecule is COc1ccccc1C(=O)NCc1ccc(-c2nn(C3C=NC=CC3(F)F)c(N)c2C(N)=O)cc1. The molecule has 2 amide bonds. The molecule has 1 aromatic heterocycles. The van der Waals surface area contributed by atoms with Crippen molar-refractivity contribution in [3.63, 3.8) is 0 Å². The smallest absolute Gasteiger partial charge is 0.295 e. The number of carbonyl (C=O) groups is 2. The number of nitrogens with zero attached hydrogens (tertiary/aromatic N) is 3.